The molecule has 0 fully saturated rings. The molecule has 17 heavy (non-hydrogen) atoms. The average molecular weight is 269 g/mol. The van der Waals surface area contributed by atoms with Crippen molar-refractivity contribution in [3.63, 3.8) is 0 Å². The van der Waals surface area contributed by atoms with Crippen LogP contribution in [-0.2, 0) is 6.04 Å². The molecule has 2 nitrogen and oxygen atoms in total. The number of thiophene rings is 1. The Morgan fingerprint density at radius 1 is 1.35 bits per heavy atom. The molecule has 1 N–H and O–H groups in total. The third-order valence-electron chi connectivity index (χ3n) is 2.16. The van der Waals surface area contributed by atoms with Gasteiger partial charge in [0.15, 0.2) is 0 Å². The van der Waals surface area contributed by atoms with E-state index in [0.717, 1.165) is 10.9 Å². The first-order chi connectivity index (χ1) is 7.58. The van der Waals surface area contributed by atoms with E-state index in [4.69, 9.17) is 0 Å². The van der Waals surface area contributed by atoms with Crippen LogP contribution in [0.5, 0.6) is 0 Å². The van der Waals surface area contributed by atoms with Crippen LogP contribution in [0.25, 0.3) is 0 Å². The Morgan fingerprint density at radius 3 is 2.41 bits per heavy atom. The lowest BCUT2D eigenvalue weighted by atomic mass is 10.1. The van der Waals surface area contributed by atoms with Crippen LogP contribution in [0.1, 0.15) is 36.0 Å². The van der Waals surface area contributed by atoms with E-state index in [9.17, 15) is 4.79 Å². The normalized spacial score (nSPS) is 12.6. The molecule has 0 aromatic carbocycles. The quantitative estimate of drug-likeness (QED) is 0.833. The summed E-state index contributed by atoms with van der Waals surface area (Å²) in [7, 11) is -1.17. The summed E-state index contributed by atoms with van der Waals surface area (Å²) >= 11 is 1.55. The van der Waals surface area contributed by atoms with Gasteiger partial charge in [0.05, 0.1) is 4.88 Å². The van der Waals surface area contributed by atoms with Crippen molar-refractivity contribution in [2.45, 2.75) is 52.0 Å². The standard InChI is InChI=1S/C13H23NOSSi/c1-13(2,3)14-12(15)11-10(7-8-16-11)9-17(4,5)6/h7-8H,9H2,1-6H3,(H,14,15). The summed E-state index contributed by atoms with van der Waals surface area (Å²) in [5.74, 6) is 0.0701. The molecule has 0 saturated heterocycles. The van der Waals surface area contributed by atoms with Crippen LogP contribution in [0.3, 0.4) is 0 Å². The van der Waals surface area contributed by atoms with E-state index >= 15 is 0 Å². The van der Waals surface area contributed by atoms with Gasteiger partial charge in [-0.25, -0.2) is 0 Å². The Hall–Kier alpha value is -0.613. The number of hydrogen-bond acceptors (Lipinski definition) is 2. The van der Waals surface area contributed by atoms with E-state index in [2.05, 4.69) is 31.0 Å². The molecule has 1 aromatic heterocycles. The molecule has 0 aliphatic carbocycles. The van der Waals surface area contributed by atoms with Crippen LogP contribution in [0.2, 0.25) is 19.6 Å². The van der Waals surface area contributed by atoms with E-state index in [1.807, 2.05) is 26.2 Å². The van der Waals surface area contributed by atoms with Gasteiger partial charge in [-0.2, -0.15) is 0 Å². The molecule has 0 atom stereocenters. The van der Waals surface area contributed by atoms with Gasteiger partial charge in [0, 0.05) is 13.6 Å². The fraction of sp³-hybridized carbons (Fsp3) is 0.615. The summed E-state index contributed by atoms with van der Waals surface area (Å²) in [6.45, 7) is 13.0. The van der Waals surface area contributed by atoms with Crippen LogP contribution in [0.4, 0.5) is 0 Å². The first-order valence-electron chi connectivity index (χ1n) is 5.97. The maximum Gasteiger partial charge on any atom is 0.262 e. The Labute approximate surface area is 109 Å². The second kappa shape index (κ2) is 4.94. The minimum absolute atomic E-state index is 0.0701. The van der Waals surface area contributed by atoms with Crippen molar-refractivity contribution >= 4 is 25.3 Å². The Kier molecular flexibility index (Phi) is 4.20. The summed E-state index contributed by atoms with van der Waals surface area (Å²) in [5.41, 5.74) is 1.05. The molecular formula is C13H23NOSSi. The molecule has 1 rings (SSSR count). The second-order valence-electron chi connectivity index (χ2n) is 6.72. The number of rotatable bonds is 3. The fourth-order valence-corrected chi connectivity index (χ4v) is 4.03. The van der Waals surface area contributed by atoms with Gasteiger partial charge in [0.1, 0.15) is 0 Å². The molecule has 1 aromatic rings. The molecule has 4 heteroatoms. The topological polar surface area (TPSA) is 29.1 Å². The molecule has 0 unspecified atom stereocenters. The van der Waals surface area contributed by atoms with Crippen molar-refractivity contribution in [1.29, 1.82) is 0 Å². The maximum atomic E-state index is 12.1. The third-order valence-corrected chi connectivity index (χ3v) is 4.56. The zero-order chi connectivity index (χ0) is 13.3. The highest BCUT2D eigenvalue weighted by Crippen LogP contribution is 2.22. The highest BCUT2D eigenvalue weighted by atomic mass is 32.1. The van der Waals surface area contributed by atoms with Crippen LogP contribution >= 0.6 is 11.3 Å². The minimum atomic E-state index is -1.17. The van der Waals surface area contributed by atoms with E-state index in [-0.39, 0.29) is 11.4 Å². The molecular weight excluding hydrogens is 246 g/mol. The summed E-state index contributed by atoms with van der Waals surface area (Å²) < 4.78 is 0. The number of carbonyl (C=O) groups is 1. The number of amides is 1. The van der Waals surface area contributed by atoms with Gasteiger partial charge in [-0.1, -0.05) is 19.6 Å². The van der Waals surface area contributed by atoms with Crippen LogP contribution in [-0.4, -0.2) is 19.5 Å². The molecule has 1 amide bonds. The molecule has 0 saturated carbocycles. The SMILES string of the molecule is CC(C)(C)NC(=O)c1sccc1C[Si](C)(C)C. The number of carbonyl (C=O) groups excluding carboxylic acids is 1. The molecule has 1 heterocycles. The van der Waals surface area contributed by atoms with Crippen molar-refractivity contribution in [3.8, 4) is 0 Å². The fourth-order valence-electron chi connectivity index (χ4n) is 1.64. The predicted molar refractivity (Wildman–Crippen MR) is 78.6 cm³/mol. The van der Waals surface area contributed by atoms with E-state index in [1.165, 1.54) is 5.56 Å². The van der Waals surface area contributed by atoms with Gasteiger partial charge in [-0.3, -0.25) is 4.79 Å². The maximum absolute atomic E-state index is 12.1. The van der Waals surface area contributed by atoms with E-state index in [0.29, 0.717) is 0 Å². The molecule has 0 aliphatic heterocycles. The van der Waals surface area contributed by atoms with Gasteiger partial charge in [-0.15, -0.1) is 11.3 Å². The molecule has 0 spiro atoms. The van der Waals surface area contributed by atoms with Crippen LogP contribution < -0.4 is 5.32 Å². The summed E-state index contributed by atoms with van der Waals surface area (Å²) in [4.78, 5) is 13.0. The lowest BCUT2D eigenvalue weighted by Crippen LogP contribution is -2.40. The Balaban J connectivity index is 2.85. The van der Waals surface area contributed by atoms with Crippen molar-refractivity contribution in [1.82, 2.24) is 5.32 Å². The van der Waals surface area contributed by atoms with Crippen LogP contribution in [0.15, 0.2) is 11.4 Å². The largest absolute Gasteiger partial charge is 0.347 e. The van der Waals surface area contributed by atoms with Gasteiger partial charge in [0.25, 0.3) is 5.91 Å². The monoisotopic (exact) mass is 269 g/mol. The van der Waals surface area contributed by atoms with Crippen LogP contribution in [0, 0.1) is 0 Å². The smallest absolute Gasteiger partial charge is 0.262 e. The summed E-state index contributed by atoms with van der Waals surface area (Å²) in [6.07, 6.45) is 0. The second-order valence-corrected chi connectivity index (χ2v) is 13.1. The van der Waals surface area contributed by atoms with Gasteiger partial charge in [-0.05, 0) is 43.8 Å². The van der Waals surface area contributed by atoms with Crippen molar-refractivity contribution in [3.05, 3.63) is 21.9 Å². The third kappa shape index (κ3) is 5.04. The summed E-state index contributed by atoms with van der Waals surface area (Å²) in [6, 6.07) is 3.17. The first kappa shape index (κ1) is 14.4. The van der Waals surface area contributed by atoms with Gasteiger partial charge >= 0.3 is 0 Å². The zero-order valence-corrected chi connectivity index (χ0v) is 13.5. The van der Waals surface area contributed by atoms with Crippen molar-refractivity contribution < 1.29 is 4.79 Å². The van der Waals surface area contributed by atoms with Crippen molar-refractivity contribution in [2.24, 2.45) is 0 Å². The molecule has 0 aliphatic rings. The molecule has 0 radical (unpaired) electrons. The van der Waals surface area contributed by atoms with Gasteiger partial charge < -0.3 is 5.32 Å². The lowest BCUT2D eigenvalue weighted by Gasteiger charge is -2.21. The number of hydrogen-bond donors (Lipinski definition) is 1. The van der Waals surface area contributed by atoms with E-state index in [1.54, 1.807) is 11.3 Å². The predicted octanol–water partition coefficient (Wildman–Crippen LogP) is 3.70. The molecule has 0 bridgehead atoms. The average Bonchev–Trinajstić information content (AvgIpc) is 2.45. The number of nitrogens with one attached hydrogen (secondary N) is 1. The Bertz CT molecular complexity index is 398. The Morgan fingerprint density at radius 2 is 1.94 bits per heavy atom. The molecule has 96 valence electrons. The minimum Gasteiger partial charge on any atom is -0.347 e. The highest BCUT2D eigenvalue weighted by Gasteiger charge is 2.22. The van der Waals surface area contributed by atoms with E-state index < -0.39 is 8.07 Å². The summed E-state index contributed by atoms with van der Waals surface area (Å²) in [5, 5.41) is 5.06. The first-order valence-corrected chi connectivity index (χ1v) is 10.6. The van der Waals surface area contributed by atoms with Crippen molar-refractivity contribution in [2.75, 3.05) is 0 Å². The van der Waals surface area contributed by atoms with Gasteiger partial charge in [0.2, 0.25) is 0 Å². The highest BCUT2D eigenvalue weighted by molar-refractivity contribution is 7.12. The zero-order valence-electron chi connectivity index (χ0n) is 11.7. The lowest BCUT2D eigenvalue weighted by molar-refractivity contribution is 0.0923.